The zero-order valence-corrected chi connectivity index (χ0v) is 10.1. The van der Waals surface area contributed by atoms with Crippen LogP contribution >= 0.6 is 11.6 Å². The number of alkyl halides is 1. The minimum Gasteiger partial charge on any atom is -0.298 e. The molecular weight excluding hydrogens is 234 g/mol. The Labute approximate surface area is 105 Å². The van der Waals surface area contributed by atoms with Crippen LogP contribution in [0.15, 0.2) is 24.3 Å². The van der Waals surface area contributed by atoms with Crippen molar-refractivity contribution in [3.63, 3.8) is 0 Å². The second kappa shape index (κ2) is 4.11. The van der Waals surface area contributed by atoms with Crippen LogP contribution in [0.3, 0.4) is 0 Å². The van der Waals surface area contributed by atoms with E-state index in [0.717, 1.165) is 42.1 Å². The van der Waals surface area contributed by atoms with Crippen LogP contribution in [0.5, 0.6) is 0 Å². The van der Waals surface area contributed by atoms with Gasteiger partial charge in [-0.05, 0) is 37.0 Å². The molecule has 1 aromatic carbocycles. The molecule has 1 aliphatic rings. The summed E-state index contributed by atoms with van der Waals surface area (Å²) in [5.41, 5.74) is 3.97. The first-order chi connectivity index (χ1) is 8.26. The van der Waals surface area contributed by atoms with Gasteiger partial charge in [0.15, 0.2) is 0 Å². The minimum absolute atomic E-state index is 0.232. The maximum absolute atomic E-state index is 10.7. The van der Waals surface area contributed by atoms with E-state index in [4.69, 9.17) is 11.6 Å². The molecule has 1 aromatic heterocycles. The van der Waals surface area contributed by atoms with Crippen LogP contribution < -0.4 is 0 Å². The molecule has 0 N–H and O–H groups in total. The molecule has 1 aliphatic carbocycles. The van der Waals surface area contributed by atoms with E-state index in [9.17, 15) is 4.79 Å². The number of carbonyl (C=O) groups excluding carboxylic acids is 1. The van der Waals surface area contributed by atoms with E-state index in [2.05, 4.69) is 11.1 Å². The number of nitrogens with zero attached hydrogens (tertiary/aromatic N) is 1. The predicted octanol–water partition coefficient (Wildman–Crippen LogP) is 3.14. The molecule has 86 valence electrons. The highest BCUT2D eigenvalue weighted by Crippen LogP contribution is 2.26. The Hall–Kier alpha value is -1.41. The summed E-state index contributed by atoms with van der Waals surface area (Å²) in [7, 11) is 0. The van der Waals surface area contributed by atoms with Crippen molar-refractivity contribution in [3.8, 4) is 0 Å². The third-order valence-corrected chi connectivity index (χ3v) is 3.65. The maximum atomic E-state index is 10.7. The van der Waals surface area contributed by atoms with Crippen LogP contribution in [0, 0.1) is 0 Å². The molecule has 2 nitrogen and oxygen atoms in total. The molecule has 0 aliphatic heterocycles. The number of hydrogen-bond donors (Lipinski definition) is 0. The third-order valence-electron chi connectivity index (χ3n) is 3.28. The van der Waals surface area contributed by atoms with Crippen molar-refractivity contribution >= 4 is 28.8 Å². The van der Waals surface area contributed by atoms with Crippen molar-refractivity contribution in [2.24, 2.45) is 0 Å². The first-order valence-corrected chi connectivity index (χ1v) is 6.22. The molecule has 1 atom stereocenters. The molecule has 0 amide bonds. The summed E-state index contributed by atoms with van der Waals surface area (Å²) in [6.07, 6.45) is 3.68. The first kappa shape index (κ1) is 10.7. The lowest BCUT2D eigenvalue weighted by Gasteiger charge is -2.19. The van der Waals surface area contributed by atoms with Crippen LogP contribution in [0.25, 0.3) is 10.9 Å². The molecule has 17 heavy (non-hydrogen) atoms. The molecular formula is C14H12ClNO. The molecule has 2 aromatic rings. The Balaban J connectivity index is 2.17. The van der Waals surface area contributed by atoms with Gasteiger partial charge in [0, 0.05) is 22.0 Å². The average Bonchev–Trinajstić information content (AvgIpc) is 2.35. The zero-order valence-electron chi connectivity index (χ0n) is 9.32. The normalized spacial score (nSPS) is 19.0. The highest BCUT2D eigenvalue weighted by atomic mass is 35.5. The highest BCUT2D eigenvalue weighted by molar-refractivity contribution is 6.20. The fourth-order valence-corrected chi connectivity index (χ4v) is 2.64. The van der Waals surface area contributed by atoms with Gasteiger partial charge in [-0.3, -0.25) is 9.78 Å². The summed E-state index contributed by atoms with van der Waals surface area (Å²) >= 11 is 6.17. The predicted molar refractivity (Wildman–Crippen MR) is 68.8 cm³/mol. The van der Waals surface area contributed by atoms with E-state index in [0.29, 0.717) is 5.56 Å². The molecule has 0 spiro atoms. The summed E-state index contributed by atoms with van der Waals surface area (Å²) in [6.45, 7) is 0. The van der Waals surface area contributed by atoms with E-state index in [1.54, 1.807) is 0 Å². The zero-order chi connectivity index (χ0) is 11.8. The van der Waals surface area contributed by atoms with Gasteiger partial charge >= 0.3 is 0 Å². The molecule has 0 fully saturated rings. The molecule has 1 unspecified atom stereocenters. The van der Waals surface area contributed by atoms with Crippen LogP contribution in [0.2, 0.25) is 0 Å². The van der Waals surface area contributed by atoms with E-state index < -0.39 is 0 Å². The van der Waals surface area contributed by atoms with Gasteiger partial charge < -0.3 is 0 Å². The number of carbonyl (C=O) groups is 1. The minimum atomic E-state index is 0.232. The van der Waals surface area contributed by atoms with Crippen molar-refractivity contribution in [2.45, 2.75) is 24.6 Å². The standard InChI is InChI=1S/C14H12ClNO/c15-12-3-4-13-11(7-12)6-10-2-1-9(8-17)5-14(10)16-13/h1-2,5-6,8,12H,3-4,7H2. The Morgan fingerprint density at radius 2 is 2.24 bits per heavy atom. The number of hydrogen-bond acceptors (Lipinski definition) is 2. The SMILES string of the molecule is O=Cc1ccc2cc3c(nc2c1)CCC(Cl)C3. The van der Waals surface area contributed by atoms with E-state index in [1.165, 1.54) is 5.56 Å². The summed E-state index contributed by atoms with van der Waals surface area (Å²) in [5, 5.41) is 1.32. The van der Waals surface area contributed by atoms with Crippen LogP contribution in [0.1, 0.15) is 28.0 Å². The van der Waals surface area contributed by atoms with E-state index in [-0.39, 0.29) is 5.38 Å². The van der Waals surface area contributed by atoms with Crippen molar-refractivity contribution in [3.05, 3.63) is 41.1 Å². The lowest BCUT2D eigenvalue weighted by molar-refractivity contribution is 0.112. The lowest BCUT2D eigenvalue weighted by atomic mass is 9.94. The number of halogens is 1. The van der Waals surface area contributed by atoms with Crippen molar-refractivity contribution in [1.29, 1.82) is 0 Å². The average molecular weight is 246 g/mol. The molecule has 0 bridgehead atoms. The van der Waals surface area contributed by atoms with Crippen LogP contribution in [-0.4, -0.2) is 16.6 Å². The molecule has 3 rings (SSSR count). The van der Waals surface area contributed by atoms with Gasteiger partial charge in [-0.1, -0.05) is 12.1 Å². The largest absolute Gasteiger partial charge is 0.298 e. The summed E-state index contributed by atoms with van der Waals surface area (Å²) < 4.78 is 0. The van der Waals surface area contributed by atoms with Gasteiger partial charge in [0.1, 0.15) is 6.29 Å². The van der Waals surface area contributed by atoms with Gasteiger partial charge in [0.25, 0.3) is 0 Å². The summed E-state index contributed by atoms with van der Waals surface area (Å²) in [6, 6.07) is 7.77. The monoisotopic (exact) mass is 245 g/mol. The number of fused-ring (bicyclic) bond motifs is 2. The number of rotatable bonds is 1. The van der Waals surface area contributed by atoms with Gasteiger partial charge in [-0.25, -0.2) is 0 Å². The maximum Gasteiger partial charge on any atom is 0.150 e. The number of benzene rings is 1. The Morgan fingerprint density at radius 3 is 3.06 bits per heavy atom. The topological polar surface area (TPSA) is 30.0 Å². The smallest absolute Gasteiger partial charge is 0.150 e. The number of aromatic nitrogens is 1. The number of aldehydes is 1. The van der Waals surface area contributed by atoms with E-state index in [1.807, 2.05) is 18.2 Å². The highest BCUT2D eigenvalue weighted by Gasteiger charge is 2.18. The number of pyridine rings is 1. The van der Waals surface area contributed by atoms with Crippen molar-refractivity contribution < 1.29 is 4.79 Å². The van der Waals surface area contributed by atoms with Crippen LogP contribution in [-0.2, 0) is 12.8 Å². The quantitative estimate of drug-likeness (QED) is 0.571. The number of aryl methyl sites for hydroxylation is 1. The fraction of sp³-hybridized carbons (Fsp3) is 0.286. The lowest BCUT2D eigenvalue weighted by Crippen LogP contribution is -2.15. The van der Waals surface area contributed by atoms with Crippen molar-refractivity contribution in [1.82, 2.24) is 4.98 Å². The van der Waals surface area contributed by atoms with E-state index >= 15 is 0 Å². The van der Waals surface area contributed by atoms with Crippen molar-refractivity contribution in [2.75, 3.05) is 0 Å². The first-order valence-electron chi connectivity index (χ1n) is 5.78. The summed E-state index contributed by atoms with van der Waals surface area (Å²) in [4.78, 5) is 15.4. The Bertz CT molecular complexity index is 594. The van der Waals surface area contributed by atoms with Gasteiger partial charge in [0.05, 0.1) is 5.52 Å². The van der Waals surface area contributed by atoms with Gasteiger partial charge in [-0.2, -0.15) is 0 Å². The second-order valence-electron chi connectivity index (χ2n) is 4.50. The Morgan fingerprint density at radius 1 is 1.35 bits per heavy atom. The van der Waals surface area contributed by atoms with Crippen LogP contribution in [0.4, 0.5) is 0 Å². The third kappa shape index (κ3) is 1.93. The van der Waals surface area contributed by atoms with Gasteiger partial charge in [0.2, 0.25) is 0 Å². The molecule has 0 saturated carbocycles. The molecule has 1 heterocycles. The second-order valence-corrected chi connectivity index (χ2v) is 5.12. The molecule has 3 heteroatoms. The van der Waals surface area contributed by atoms with Gasteiger partial charge in [-0.15, -0.1) is 11.6 Å². The Kier molecular flexibility index (Phi) is 2.60. The molecule has 0 radical (unpaired) electrons. The fourth-order valence-electron chi connectivity index (χ4n) is 2.37. The molecule has 0 saturated heterocycles. The summed E-state index contributed by atoms with van der Waals surface area (Å²) in [5.74, 6) is 0.